The highest BCUT2D eigenvalue weighted by Crippen LogP contribution is 2.21. The number of likely N-dealkylation sites (N-methyl/N-ethyl adjacent to an activating group) is 3. The Bertz CT molecular complexity index is 494. The summed E-state index contributed by atoms with van der Waals surface area (Å²) >= 11 is 0. The van der Waals surface area contributed by atoms with E-state index in [1.165, 1.54) is 0 Å². The maximum atomic E-state index is 10.2. The predicted molar refractivity (Wildman–Crippen MR) is 103 cm³/mol. The van der Waals surface area contributed by atoms with Crippen LogP contribution in [0.2, 0.25) is 0 Å². The van der Waals surface area contributed by atoms with E-state index in [-0.39, 0.29) is 6.61 Å². The van der Waals surface area contributed by atoms with Crippen LogP contribution in [0.4, 0.5) is 5.69 Å². The van der Waals surface area contributed by atoms with E-state index < -0.39 is 18.7 Å². The molecule has 3 N–H and O–H groups in total. The van der Waals surface area contributed by atoms with Gasteiger partial charge in [0, 0.05) is 5.69 Å². The first-order valence-electron chi connectivity index (χ1n) is 8.63. The summed E-state index contributed by atoms with van der Waals surface area (Å²) in [5.41, 5.74) is 0.868. The zero-order valence-corrected chi connectivity index (χ0v) is 16.7. The maximum Gasteiger partial charge on any atom is 0.141 e. The molecule has 8 nitrogen and oxygen atoms in total. The molecule has 0 bridgehead atoms. The molecule has 0 radical (unpaired) electrons. The van der Waals surface area contributed by atoms with Crippen molar-refractivity contribution in [2.24, 2.45) is 0 Å². The van der Waals surface area contributed by atoms with Crippen LogP contribution in [-0.2, 0) is 0 Å². The lowest BCUT2D eigenvalue weighted by atomic mass is 10.2. The van der Waals surface area contributed by atoms with E-state index in [4.69, 9.17) is 4.74 Å². The summed E-state index contributed by atoms with van der Waals surface area (Å²) in [4.78, 5) is 7.03. The van der Waals surface area contributed by atoms with Crippen molar-refractivity contribution < 1.29 is 20.1 Å². The van der Waals surface area contributed by atoms with Crippen molar-refractivity contribution in [1.29, 1.82) is 0 Å². The van der Waals surface area contributed by atoms with E-state index in [1.807, 2.05) is 29.2 Å². The lowest BCUT2D eigenvalue weighted by molar-refractivity contribution is 0.00187. The Kier molecular flexibility index (Phi) is 9.28. The standard InChI is InChI=1S/C18H34N4O4/c1-19(2)16(23)11-22(12-17(24)20(3)4)14-7-9-15(10-8-14)26-13-18(25)21(5)6/h7-10,16-18,23-25H,11-13H2,1-6H3. The molecular formula is C18H34N4O4. The minimum Gasteiger partial charge on any atom is -0.489 e. The third kappa shape index (κ3) is 7.45. The van der Waals surface area contributed by atoms with E-state index in [9.17, 15) is 15.3 Å². The van der Waals surface area contributed by atoms with Crippen LogP contribution < -0.4 is 9.64 Å². The lowest BCUT2D eigenvalue weighted by Crippen LogP contribution is -2.46. The zero-order chi connectivity index (χ0) is 19.9. The third-order valence-electron chi connectivity index (χ3n) is 4.16. The predicted octanol–water partition coefficient (Wildman–Crippen LogP) is -0.488. The maximum absolute atomic E-state index is 10.2. The number of anilines is 1. The molecule has 8 heteroatoms. The van der Waals surface area contributed by atoms with Crippen LogP contribution in [0.1, 0.15) is 0 Å². The number of rotatable bonds is 11. The molecule has 0 saturated heterocycles. The topological polar surface area (TPSA) is 82.9 Å². The lowest BCUT2D eigenvalue weighted by Gasteiger charge is -2.33. The van der Waals surface area contributed by atoms with Gasteiger partial charge in [0.1, 0.15) is 31.0 Å². The van der Waals surface area contributed by atoms with E-state index in [1.54, 1.807) is 57.0 Å². The number of benzene rings is 1. The molecular weight excluding hydrogens is 336 g/mol. The van der Waals surface area contributed by atoms with Gasteiger partial charge in [-0.25, -0.2) is 0 Å². The smallest absolute Gasteiger partial charge is 0.141 e. The number of hydrogen-bond donors (Lipinski definition) is 3. The van der Waals surface area contributed by atoms with Crippen LogP contribution in [0.5, 0.6) is 5.75 Å². The molecule has 3 atom stereocenters. The Morgan fingerprint density at radius 2 is 1.15 bits per heavy atom. The molecule has 26 heavy (non-hydrogen) atoms. The average molecular weight is 370 g/mol. The second-order valence-corrected chi connectivity index (χ2v) is 7.04. The Balaban J connectivity index is 2.82. The van der Waals surface area contributed by atoms with Crippen LogP contribution in [0, 0.1) is 0 Å². The number of ether oxygens (including phenoxy) is 1. The highest BCUT2D eigenvalue weighted by atomic mass is 16.5. The molecule has 1 rings (SSSR count). The molecule has 0 spiro atoms. The van der Waals surface area contributed by atoms with Crippen molar-refractivity contribution in [3.63, 3.8) is 0 Å². The van der Waals surface area contributed by atoms with Gasteiger partial charge in [0.2, 0.25) is 0 Å². The van der Waals surface area contributed by atoms with Crippen LogP contribution in [0.15, 0.2) is 24.3 Å². The Morgan fingerprint density at radius 1 is 0.731 bits per heavy atom. The van der Waals surface area contributed by atoms with Crippen LogP contribution in [0.25, 0.3) is 0 Å². The highest BCUT2D eigenvalue weighted by molar-refractivity contribution is 5.49. The summed E-state index contributed by atoms with van der Waals surface area (Å²) in [6.07, 6.45) is -1.98. The van der Waals surface area contributed by atoms with Gasteiger partial charge < -0.3 is 25.0 Å². The number of hydrogen-bond acceptors (Lipinski definition) is 8. The molecule has 0 amide bonds. The van der Waals surface area contributed by atoms with Gasteiger partial charge in [-0.2, -0.15) is 0 Å². The van der Waals surface area contributed by atoms with Gasteiger partial charge in [-0.15, -0.1) is 0 Å². The molecule has 0 aromatic heterocycles. The summed E-state index contributed by atoms with van der Waals surface area (Å²) in [6.45, 7) is 0.893. The van der Waals surface area contributed by atoms with Crippen molar-refractivity contribution in [2.45, 2.75) is 18.7 Å². The molecule has 3 unspecified atom stereocenters. The fraction of sp³-hybridized carbons (Fsp3) is 0.667. The number of aliphatic hydroxyl groups excluding tert-OH is 3. The molecule has 0 heterocycles. The minimum atomic E-state index is -0.670. The molecule has 150 valence electrons. The fourth-order valence-corrected chi connectivity index (χ4v) is 2.08. The summed E-state index contributed by atoms with van der Waals surface area (Å²) in [6, 6.07) is 7.38. The highest BCUT2D eigenvalue weighted by Gasteiger charge is 2.19. The summed E-state index contributed by atoms with van der Waals surface area (Å²) in [7, 11) is 10.8. The van der Waals surface area contributed by atoms with Crippen molar-refractivity contribution in [3.05, 3.63) is 24.3 Å². The third-order valence-corrected chi connectivity index (χ3v) is 4.16. The molecule has 1 aromatic carbocycles. The van der Waals surface area contributed by atoms with Crippen LogP contribution in [0.3, 0.4) is 0 Å². The van der Waals surface area contributed by atoms with Gasteiger partial charge in [0.25, 0.3) is 0 Å². The van der Waals surface area contributed by atoms with Crippen molar-refractivity contribution in [3.8, 4) is 5.75 Å². The quantitative estimate of drug-likeness (QED) is 0.450. The molecule has 1 aromatic rings. The number of aliphatic hydroxyl groups is 3. The van der Waals surface area contributed by atoms with E-state index in [0.29, 0.717) is 18.8 Å². The van der Waals surface area contributed by atoms with E-state index in [0.717, 1.165) is 5.69 Å². The number of nitrogens with zero attached hydrogens (tertiary/aromatic N) is 4. The van der Waals surface area contributed by atoms with Crippen molar-refractivity contribution in [1.82, 2.24) is 14.7 Å². The fourth-order valence-electron chi connectivity index (χ4n) is 2.08. The first kappa shape index (κ1) is 22.6. The van der Waals surface area contributed by atoms with Crippen LogP contribution >= 0.6 is 0 Å². The van der Waals surface area contributed by atoms with E-state index in [2.05, 4.69) is 0 Å². The largest absolute Gasteiger partial charge is 0.489 e. The van der Waals surface area contributed by atoms with E-state index >= 15 is 0 Å². The van der Waals surface area contributed by atoms with Crippen molar-refractivity contribution >= 4 is 5.69 Å². The molecule has 0 fully saturated rings. The monoisotopic (exact) mass is 370 g/mol. The summed E-state index contributed by atoms with van der Waals surface area (Å²) in [5.74, 6) is 0.649. The SMILES string of the molecule is CN(C)C(O)COc1ccc(N(CC(O)N(C)C)CC(O)N(C)C)cc1. The zero-order valence-electron chi connectivity index (χ0n) is 16.7. The normalized spacial score (nSPS) is 15.4. The Hall–Kier alpha value is -1.42. The summed E-state index contributed by atoms with van der Waals surface area (Å²) < 4.78 is 5.58. The minimum absolute atomic E-state index is 0.175. The Morgan fingerprint density at radius 3 is 1.54 bits per heavy atom. The van der Waals surface area contributed by atoms with Gasteiger partial charge in [-0.05, 0) is 66.6 Å². The van der Waals surface area contributed by atoms with Gasteiger partial charge in [-0.3, -0.25) is 14.7 Å². The van der Waals surface area contributed by atoms with Crippen molar-refractivity contribution in [2.75, 3.05) is 66.9 Å². The second kappa shape index (κ2) is 10.7. The first-order valence-corrected chi connectivity index (χ1v) is 8.63. The van der Waals surface area contributed by atoms with Gasteiger partial charge in [0.15, 0.2) is 0 Å². The first-order chi connectivity index (χ1) is 12.1. The second-order valence-electron chi connectivity index (χ2n) is 7.04. The Labute approximate surface area is 156 Å². The average Bonchev–Trinajstić information content (AvgIpc) is 2.58. The molecule has 0 saturated carbocycles. The van der Waals surface area contributed by atoms with Gasteiger partial charge in [-0.1, -0.05) is 0 Å². The van der Waals surface area contributed by atoms with Gasteiger partial charge in [0.05, 0.1) is 13.1 Å². The van der Waals surface area contributed by atoms with Gasteiger partial charge >= 0.3 is 0 Å². The van der Waals surface area contributed by atoms with Crippen LogP contribution in [-0.4, -0.2) is 111 Å². The summed E-state index contributed by atoms with van der Waals surface area (Å²) in [5, 5.41) is 30.1. The molecule has 0 aliphatic rings. The molecule has 0 aliphatic heterocycles. The molecule has 0 aliphatic carbocycles.